The van der Waals surface area contributed by atoms with E-state index < -0.39 is 0 Å². The molecule has 1 saturated heterocycles. The third-order valence-corrected chi connectivity index (χ3v) is 4.20. The van der Waals surface area contributed by atoms with Crippen molar-refractivity contribution < 1.29 is 9.59 Å². The molecule has 1 atom stereocenters. The Morgan fingerprint density at radius 2 is 1.80 bits per heavy atom. The summed E-state index contributed by atoms with van der Waals surface area (Å²) < 4.78 is 1.86. The average molecular weight is 332 g/mol. The monoisotopic (exact) mass is 332 g/mol. The van der Waals surface area contributed by atoms with Gasteiger partial charge in [0.25, 0.3) is 5.91 Å². The second kappa shape index (κ2) is 6.24. The van der Waals surface area contributed by atoms with Gasteiger partial charge in [0.05, 0.1) is 18.0 Å². The molecular formula is C19H16N4O2. The maximum absolute atomic E-state index is 12.8. The third kappa shape index (κ3) is 2.89. The van der Waals surface area contributed by atoms with Crippen LogP contribution >= 0.6 is 0 Å². The first-order chi connectivity index (χ1) is 12.2. The highest BCUT2D eigenvalue weighted by Crippen LogP contribution is 2.28. The Morgan fingerprint density at radius 1 is 1.04 bits per heavy atom. The van der Waals surface area contributed by atoms with Crippen LogP contribution in [0.15, 0.2) is 73.2 Å². The van der Waals surface area contributed by atoms with E-state index in [2.05, 4.69) is 10.4 Å². The molecule has 4 rings (SSSR count). The van der Waals surface area contributed by atoms with Gasteiger partial charge in [0.15, 0.2) is 0 Å². The molecule has 1 fully saturated rings. The quantitative estimate of drug-likeness (QED) is 0.801. The molecule has 0 spiro atoms. The molecule has 124 valence electrons. The van der Waals surface area contributed by atoms with Gasteiger partial charge in [-0.2, -0.15) is 0 Å². The second-order valence-corrected chi connectivity index (χ2v) is 5.84. The van der Waals surface area contributed by atoms with Crippen LogP contribution in [0.4, 0.5) is 0 Å². The van der Waals surface area contributed by atoms with Crippen molar-refractivity contribution in [1.29, 1.82) is 0 Å². The molecule has 0 saturated carbocycles. The molecule has 0 aliphatic carbocycles. The zero-order chi connectivity index (χ0) is 17.2. The van der Waals surface area contributed by atoms with Gasteiger partial charge in [0.1, 0.15) is 5.82 Å². The van der Waals surface area contributed by atoms with E-state index in [1.807, 2.05) is 59.4 Å². The van der Waals surface area contributed by atoms with Gasteiger partial charge in [-0.15, -0.1) is 0 Å². The van der Waals surface area contributed by atoms with Crippen LogP contribution < -0.4 is 5.43 Å². The Balaban J connectivity index is 1.60. The SMILES string of the molecule is O=C1CC(c2ccccc2)N(C(=O)c2ccc(-n3cccc3)nc2)N1. The van der Waals surface area contributed by atoms with E-state index in [0.29, 0.717) is 5.56 Å². The molecule has 1 N–H and O–H groups in total. The highest BCUT2D eigenvalue weighted by atomic mass is 16.2. The molecule has 6 nitrogen and oxygen atoms in total. The summed E-state index contributed by atoms with van der Waals surface area (Å²) in [5, 5.41) is 1.39. The fraction of sp³-hybridized carbons (Fsp3) is 0.105. The molecule has 1 aliphatic heterocycles. The van der Waals surface area contributed by atoms with Crippen LogP contribution in [-0.4, -0.2) is 26.4 Å². The van der Waals surface area contributed by atoms with Gasteiger partial charge in [0, 0.05) is 18.6 Å². The van der Waals surface area contributed by atoms with Crippen LogP contribution in [0.25, 0.3) is 5.82 Å². The zero-order valence-corrected chi connectivity index (χ0v) is 13.4. The Bertz CT molecular complexity index is 889. The number of hydrazine groups is 1. The molecular weight excluding hydrogens is 316 g/mol. The maximum atomic E-state index is 12.8. The number of hydrogen-bond acceptors (Lipinski definition) is 3. The summed E-state index contributed by atoms with van der Waals surface area (Å²) in [5.41, 5.74) is 4.01. The molecule has 6 heteroatoms. The van der Waals surface area contributed by atoms with E-state index >= 15 is 0 Å². The van der Waals surface area contributed by atoms with Crippen molar-refractivity contribution in [2.45, 2.75) is 12.5 Å². The van der Waals surface area contributed by atoms with E-state index in [1.165, 1.54) is 11.2 Å². The number of aromatic nitrogens is 2. The summed E-state index contributed by atoms with van der Waals surface area (Å²) in [5.74, 6) is 0.289. The Kier molecular flexibility index (Phi) is 3.78. The van der Waals surface area contributed by atoms with Crippen molar-refractivity contribution in [3.63, 3.8) is 0 Å². The lowest BCUT2D eigenvalue weighted by atomic mass is 10.0. The van der Waals surface area contributed by atoms with E-state index in [9.17, 15) is 9.59 Å². The number of rotatable bonds is 3. The minimum atomic E-state index is -0.315. The summed E-state index contributed by atoms with van der Waals surface area (Å²) in [6, 6.07) is 16.5. The van der Waals surface area contributed by atoms with Crippen molar-refractivity contribution in [1.82, 2.24) is 20.0 Å². The number of amides is 2. The lowest BCUT2D eigenvalue weighted by molar-refractivity contribution is -0.120. The molecule has 3 aromatic rings. The van der Waals surface area contributed by atoms with Gasteiger partial charge in [-0.25, -0.2) is 9.99 Å². The van der Waals surface area contributed by atoms with Gasteiger partial charge in [-0.3, -0.25) is 15.0 Å². The number of nitrogens with one attached hydrogen (secondary N) is 1. The van der Waals surface area contributed by atoms with Gasteiger partial charge in [0.2, 0.25) is 5.91 Å². The van der Waals surface area contributed by atoms with Crippen LogP contribution in [0.2, 0.25) is 0 Å². The summed E-state index contributed by atoms with van der Waals surface area (Å²) in [6.07, 6.45) is 5.56. The third-order valence-electron chi connectivity index (χ3n) is 4.20. The topological polar surface area (TPSA) is 67.2 Å². The number of carbonyl (C=O) groups is 2. The van der Waals surface area contributed by atoms with Gasteiger partial charge < -0.3 is 4.57 Å². The first-order valence-electron chi connectivity index (χ1n) is 8.00. The number of hydrogen-bond donors (Lipinski definition) is 1. The van der Waals surface area contributed by atoms with Gasteiger partial charge in [-0.1, -0.05) is 30.3 Å². The molecule has 2 aromatic heterocycles. The first-order valence-corrected chi connectivity index (χ1v) is 8.00. The number of carbonyl (C=O) groups excluding carboxylic acids is 2. The summed E-state index contributed by atoms with van der Waals surface area (Å²) in [4.78, 5) is 29.0. The summed E-state index contributed by atoms with van der Waals surface area (Å²) in [7, 11) is 0. The lowest BCUT2D eigenvalue weighted by Gasteiger charge is -2.23. The molecule has 25 heavy (non-hydrogen) atoms. The Hall–Kier alpha value is -3.41. The highest BCUT2D eigenvalue weighted by Gasteiger charge is 2.35. The molecule has 1 aromatic carbocycles. The smallest absolute Gasteiger partial charge is 0.274 e. The molecule has 0 radical (unpaired) electrons. The van der Waals surface area contributed by atoms with Crippen LogP contribution in [0.3, 0.4) is 0 Å². The van der Waals surface area contributed by atoms with Gasteiger partial charge in [-0.05, 0) is 29.8 Å². The van der Waals surface area contributed by atoms with Crippen molar-refractivity contribution in [3.8, 4) is 5.82 Å². The van der Waals surface area contributed by atoms with Crippen LogP contribution in [-0.2, 0) is 4.79 Å². The molecule has 3 heterocycles. The number of pyridine rings is 1. The van der Waals surface area contributed by atoms with E-state index in [0.717, 1.165) is 11.4 Å². The fourth-order valence-corrected chi connectivity index (χ4v) is 2.95. The van der Waals surface area contributed by atoms with Gasteiger partial charge >= 0.3 is 0 Å². The summed E-state index contributed by atoms with van der Waals surface area (Å²) in [6.45, 7) is 0. The van der Waals surface area contributed by atoms with Crippen molar-refractivity contribution in [2.24, 2.45) is 0 Å². The minimum absolute atomic E-state index is 0.167. The van der Waals surface area contributed by atoms with Crippen molar-refractivity contribution >= 4 is 11.8 Å². The lowest BCUT2D eigenvalue weighted by Crippen LogP contribution is -2.40. The number of benzene rings is 1. The second-order valence-electron chi connectivity index (χ2n) is 5.84. The summed E-state index contributed by atoms with van der Waals surface area (Å²) >= 11 is 0. The van der Waals surface area contributed by atoms with Crippen molar-refractivity contribution in [2.75, 3.05) is 0 Å². The van der Waals surface area contributed by atoms with E-state index in [-0.39, 0.29) is 24.3 Å². The van der Waals surface area contributed by atoms with E-state index in [1.54, 1.807) is 12.1 Å². The number of nitrogens with zero attached hydrogens (tertiary/aromatic N) is 3. The largest absolute Gasteiger partial charge is 0.309 e. The Morgan fingerprint density at radius 3 is 2.48 bits per heavy atom. The normalized spacial score (nSPS) is 16.7. The van der Waals surface area contributed by atoms with Crippen molar-refractivity contribution in [3.05, 3.63) is 84.3 Å². The predicted molar refractivity (Wildman–Crippen MR) is 91.7 cm³/mol. The zero-order valence-electron chi connectivity index (χ0n) is 13.4. The first kappa shape index (κ1) is 15.1. The standard InChI is InChI=1S/C19H16N4O2/c24-18-12-16(14-6-2-1-3-7-14)23(21-18)19(25)15-8-9-17(20-13-15)22-10-4-5-11-22/h1-11,13,16H,12H2,(H,21,24). The fourth-order valence-electron chi connectivity index (χ4n) is 2.95. The molecule has 0 bridgehead atoms. The average Bonchev–Trinajstić information content (AvgIpc) is 3.32. The predicted octanol–water partition coefficient (Wildman–Crippen LogP) is 2.49. The van der Waals surface area contributed by atoms with E-state index in [4.69, 9.17) is 0 Å². The maximum Gasteiger partial charge on any atom is 0.274 e. The highest BCUT2D eigenvalue weighted by molar-refractivity contribution is 5.97. The Labute approximate surface area is 144 Å². The molecule has 2 amide bonds. The van der Waals surface area contributed by atoms with Crippen LogP contribution in [0, 0.1) is 0 Å². The molecule has 1 aliphatic rings. The van der Waals surface area contributed by atoms with Crippen LogP contribution in [0.1, 0.15) is 28.4 Å². The minimum Gasteiger partial charge on any atom is -0.309 e. The van der Waals surface area contributed by atoms with Crippen LogP contribution in [0.5, 0.6) is 0 Å². The molecule has 1 unspecified atom stereocenters.